The van der Waals surface area contributed by atoms with Crippen LogP contribution in [-0.2, 0) is 5.75 Å². The standard InChI is InChI=1S/C24H23BrN4O2S/c25-21-14-20(15-26-16-21)24(31)29-12-10-28(11-13-29)22-8-6-19(7-9-22)23(30)27-32-17-18-4-2-1-3-5-18/h1-9,14-16H,10-13,17H2,(H,27,30). The van der Waals surface area contributed by atoms with E-state index in [1.165, 1.54) is 17.5 Å². The summed E-state index contributed by atoms with van der Waals surface area (Å²) in [4.78, 5) is 33.3. The van der Waals surface area contributed by atoms with E-state index in [0.717, 1.165) is 29.0 Å². The predicted octanol–water partition coefficient (Wildman–Crippen LogP) is 4.38. The Morgan fingerprint density at radius 3 is 2.34 bits per heavy atom. The van der Waals surface area contributed by atoms with Crippen LogP contribution in [0.3, 0.4) is 0 Å². The van der Waals surface area contributed by atoms with Gasteiger partial charge in [-0.2, -0.15) is 0 Å². The van der Waals surface area contributed by atoms with Gasteiger partial charge in [-0.25, -0.2) is 0 Å². The Morgan fingerprint density at radius 2 is 1.66 bits per heavy atom. The van der Waals surface area contributed by atoms with Gasteiger partial charge in [0.05, 0.1) is 5.56 Å². The molecule has 3 aromatic rings. The van der Waals surface area contributed by atoms with Crippen LogP contribution in [0.15, 0.2) is 77.5 Å². The summed E-state index contributed by atoms with van der Waals surface area (Å²) in [5.41, 5.74) is 3.44. The monoisotopic (exact) mass is 510 g/mol. The second-order valence-corrected chi connectivity index (χ2v) is 9.12. The van der Waals surface area contributed by atoms with Gasteiger partial charge in [0.1, 0.15) is 0 Å². The van der Waals surface area contributed by atoms with Gasteiger partial charge in [-0.15, -0.1) is 0 Å². The van der Waals surface area contributed by atoms with Crippen LogP contribution in [0.1, 0.15) is 26.3 Å². The first-order valence-electron chi connectivity index (χ1n) is 10.3. The minimum absolute atomic E-state index is 0.00142. The molecule has 1 aromatic heterocycles. The second kappa shape index (κ2) is 10.7. The van der Waals surface area contributed by atoms with E-state index in [0.29, 0.717) is 24.2 Å². The van der Waals surface area contributed by atoms with Crippen LogP contribution < -0.4 is 9.62 Å². The maximum absolute atomic E-state index is 12.7. The van der Waals surface area contributed by atoms with Crippen molar-refractivity contribution in [2.45, 2.75) is 5.75 Å². The highest BCUT2D eigenvalue weighted by Gasteiger charge is 2.23. The van der Waals surface area contributed by atoms with Gasteiger partial charge in [0, 0.05) is 60.0 Å². The van der Waals surface area contributed by atoms with E-state index in [-0.39, 0.29) is 11.8 Å². The molecule has 164 valence electrons. The SMILES string of the molecule is O=C(NSCc1ccccc1)c1ccc(N2CCN(C(=O)c3cncc(Br)c3)CC2)cc1. The number of amides is 2. The van der Waals surface area contributed by atoms with Crippen LogP contribution in [0.5, 0.6) is 0 Å². The van der Waals surface area contributed by atoms with Gasteiger partial charge >= 0.3 is 0 Å². The average molecular weight is 511 g/mol. The molecule has 8 heteroatoms. The average Bonchev–Trinajstić information content (AvgIpc) is 2.84. The molecular weight excluding hydrogens is 488 g/mol. The summed E-state index contributed by atoms with van der Waals surface area (Å²) in [6.07, 6.45) is 3.27. The van der Waals surface area contributed by atoms with Crippen molar-refractivity contribution in [1.82, 2.24) is 14.6 Å². The summed E-state index contributed by atoms with van der Waals surface area (Å²) < 4.78 is 3.69. The van der Waals surface area contributed by atoms with Gasteiger partial charge in [-0.1, -0.05) is 30.3 Å². The number of hydrogen-bond acceptors (Lipinski definition) is 5. The predicted molar refractivity (Wildman–Crippen MR) is 132 cm³/mol. The molecular formula is C24H23BrN4O2S. The van der Waals surface area contributed by atoms with Crippen molar-refractivity contribution in [3.63, 3.8) is 0 Å². The molecule has 0 spiro atoms. The van der Waals surface area contributed by atoms with Crippen LogP contribution in [0.25, 0.3) is 0 Å². The van der Waals surface area contributed by atoms with E-state index >= 15 is 0 Å². The zero-order valence-electron chi connectivity index (χ0n) is 17.4. The van der Waals surface area contributed by atoms with Crippen LogP contribution in [-0.4, -0.2) is 47.9 Å². The molecule has 0 saturated carbocycles. The fraction of sp³-hybridized carbons (Fsp3) is 0.208. The minimum atomic E-state index is -0.101. The summed E-state index contributed by atoms with van der Waals surface area (Å²) >= 11 is 4.75. The highest BCUT2D eigenvalue weighted by Crippen LogP contribution is 2.19. The van der Waals surface area contributed by atoms with E-state index in [1.54, 1.807) is 18.5 Å². The molecule has 32 heavy (non-hydrogen) atoms. The number of halogens is 1. The molecule has 0 atom stereocenters. The number of rotatable bonds is 6. The molecule has 4 rings (SSSR count). The molecule has 2 heterocycles. The van der Waals surface area contributed by atoms with Crippen LogP contribution in [0, 0.1) is 0 Å². The van der Waals surface area contributed by atoms with Crippen molar-refractivity contribution in [3.8, 4) is 0 Å². The van der Waals surface area contributed by atoms with E-state index < -0.39 is 0 Å². The van der Waals surface area contributed by atoms with Gasteiger partial charge in [-0.3, -0.25) is 19.3 Å². The highest BCUT2D eigenvalue weighted by atomic mass is 79.9. The van der Waals surface area contributed by atoms with Crippen LogP contribution >= 0.6 is 27.9 Å². The second-order valence-electron chi connectivity index (χ2n) is 7.42. The summed E-state index contributed by atoms with van der Waals surface area (Å²) in [6.45, 7) is 2.77. The summed E-state index contributed by atoms with van der Waals surface area (Å²) in [7, 11) is 0. The van der Waals surface area contributed by atoms with E-state index in [2.05, 4.69) is 30.5 Å². The lowest BCUT2D eigenvalue weighted by Gasteiger charge is -2.36. The molecule has 1 saturated heterocycles. The highest BCUT2D eigenvalue weighted by molar-refractivity contribution is 9.10. The summed E-state index contributed by atoms with van der Waals surface area (Å²) in [5, 5.41) is 0. The molecule has 1 N–H and O–H groups in total. The maximum atomic E-state index is 12.7. The Labute approximate surface area is 200 Å². The number of nitrogens with one attached hydrogen (secondary N) is 1. The first-order chi connectivity index (χ1) is 15.6. The van der Waals surface area contributed by atoms with Crippen molar-refractivity contribution < 1.29 is 9.59 Å². The Hall–Kier alpha value is -2.84. The Balaban J connectivity index is 1.27. The molecule has 2 aromatic carbocycles. The third kappa shape index (κ3) is 5.69. The minimum Gasteiger partial charge on any atom is -0.368 e. The van der Waals surface area contributed by atoms with Crippen LogP contribution in [0.4, 0.5) is 5.69 Å². The van der Waals surface area contributed by atoms with Crippen molar-refractivity contribution in [2.24, 2.45) is 0 Å². The zero-order chi connectivity index (χ0) is 22.3. The summed E-state index contributed by atoms with van der Waals surface area (Å²) in [5.74, 6) is 0.623. The number of piperazine rings is 1. The lowest BCUT2D eigenvalue weighted by atomic mass is 10.1. The van der Waals surface area contributed by atoms with Crippen molar-refractivity contribution in [3.05, 3.63) is 94.2 Å². The zero-order valence-corrected chi connectivity index (χ0v) is 19.8. The van der Waals surface area contributed by atoms with Crippen molar-refractivity contribution in [2.75, 3.05) is 31.1 Å². The molecule has 0 unspecified atom stereocenters. The maximum Gasteiger partial charge on any atom is 0.261 e. The molecule has 0 bridgehead atoms. The Bertz CT molecular complexity index is 1070. The molecule has 1 fully saturated rings. The number of benzene rings is 2. The Kier molecular flexibility index (Phi) is 7.44. The third-order valence-corrected chi connectivity index (χ3v) is 6.50. The smallest absolute Gasteiger partial charge is 0.261 e. The normalized spacial score (nSPS) is 13.7. The van der Waals surface area contributed by atoms with Crippen molar-refractivity contribution in [1.29, 1.82) is 0 Å². The number of pyridine rings is 1. The molecule has 0 aliphatic carbocycles. The number of carbonyl (C=O) groups is 2. The molecule has 1 aliphatic heterocycles. The number of nitrogens with zero attached hydrogens (tertiary/aromatic N) is 3. The van der Waals surface area contributed by atoms with Gasteiger partial charge in [0.15, 0.2) is 0 Å². The fourth-order valence-electron chi connectivity index (χ4n) is 3.52. The number of carbonyl (C=O) groups excluding carboxylic acids is 2. The first-order valence-corrected chi connectivity index (χ1v) is 12.1. The van der Waals surface area contributed by atoms with Gasteiger partial charge in [-0.05, 0) is 63.8 Å². The lowest BCUT2D eigenvalue weighted by Crippen LogP contribution is -2.48. The number of aromatic nitrogens is 1. The van der Waals surface area contributed by atoms with Gasteiger partial charge < -0.3 is 9.80 Å². The van der Waals surface area contributed by atoms with Gasteiger partial charge in [0.25, 0.3) is 11.8 Å². The molecule has 0 radical (unpaired) electrons. The van der Waals surface area contributed by atoms with E-state index in [4.69, 9.17) is 0 Å². The van der Waals surface area contributed by atoms with Crippen LogP contribution in [0.2, 0.25) is 0 Å². The molecule has 1 aliphatic rings. The molecule has 2 amide bonds. The lowest BCUT2D eigenvalue weighted by molar-refractivity contribution is 0.0746. The fourth-order valence-corrected chi connectivity index (χ4v) is 4.57. The topological polar surface area (TPSA) is 65.5 Å². The molecule has 6 nitrogen and oxygen atoms in total. The number of anilines is 1. The summed E-state index contributed by atoms with van der Waals surface area (Å²) in [6, 6.07) is 19.5. The number of hydrogen-bond donors (Lipinski definition) is 1. The van der Waals surface area contributed by atoms with E-state index in [9.17, 15) is 9.59 Å². The van der Waals surface area contributed by atoms with Gasteiger partial charge in [0.2, 0.25) is 0 Å². The van der Waals surface area contributed by atoms with Crippen molar-refractivity contribution >= 4 is 45.4 Å². The third-order valence-electron chi connectivity index (χ3n) is 5.26. The Morgan fingerprint density at radius 1 is 0.938 bits per heavy atom. The van der Waals surface area contributed by atoms with E-state index in [1.807, 2.05) is 59.5 Å². The first kappa shape index (κ1) is 22.4. The largest absolute Gasteiger partial charge is 0.368 e. The quantitative estimate of drug-likeness (QED) is 0.498.